The lowest BCUT2D eigenvalue weighted by Crippen LogP contribution is -2.63. The van der Waals surface area contributed by atoms with Crippen molar-refractivity contribution in [3.05, 3.63) is 108 Å². The first-order valence-electron chi connectivity index (χ1n) is 15.7. The van der Waals surface area contributed by atoms with Crippen LogP contribution >= 0.6 is 0 Å². The van der Waals surface area contributed by atoms with Crippen LogP contribution in [-0.4, -0.2) is 71.8 Å². The van der Waals surface area contributed by atoms with Gasteiger partial charge in [-0.15, -0.1) is 0 Å². The minimum absolute atomic E-state index is 0.216. The molecule has 0 radical (unpaired) electrons. The fraction of sp³-hybridized carbons (Fsp3) is 0.351. The van der Waals surface area contributed by atoms with Crippen molar-refractivity contribution in [3.63, 3.8) is 0 Å². The summed E-state index contributed by atoms with van der Waals surface area (Å²) in [6.07, 6.45) is -0.216. The molecule has 0 N–H and O–H groups in total. The van der Waals surface area contributed by atoms with Gasteiger partial charge in [-0.1, -0.05) is 72.8 Å². The van der Waals surface area contributed by atoms with Crippen molar-refractivity contribution in [2.24, 2.45) is 0 Å². The van der Waals surface area contributed by atoms with Crippen molar-refractivity contribution in [1.29, 1.82) is 0 Å². The van der Waals surface area contributed by atoms with E-state index in [9.17, 15) is 4.79 Å². The average molecular weight is 607 g/mol. The summed E-state index contributed by atoms with van der Waals surface area (Å²) in [4.78, 5) is 24.0. The lowest BCUT2D eigenvalue weighted by molar-refractivity contribution is 0.00876. The summed E-state index contributed by atoms with van der Waals surface area (Å²) in [5.41, 5.74) is 4.84. The first-order chi connectivity index (χ1) is 21.8. The number of piperazine rings is 1. The lowest BCUT2D eigenvalue weighted by Gasteiger charge is -2.49. The molecule has 0 aliphatic carbocycles. The molecule has 1 amide bonds. The van der Waals surface area contributed by atoms with E-state index in [1.165, 1.54) is 5.69 Å². The highest BCUT2D eigenvalue weighted by atomic mass is 16.6. The number of benzene rings is 3. The van der Waals surface area contributed by atoms with Crippen LogP contribution in [0.3, 0.4) is 0 Å². The van der Waals surface area contributed by atoms with E-state index in [2.05, 4.69) is 34.1 Å². The number of ether oxygens (including phenoxy) is 3. The molecular formula is C37H42N4O4. The van der Waals surface area contributed by atoms with Gasteiger partial charge in [-0.2, -0.15) is 4.98 Å². The quantitative estimate of drug-likeness (QED) is 0.211. The van der Waals surface area contributed by atoms with Crippen LogP contribution in [0.25, 0.3) is 11.1 Å². The molecule has 8 heteroatoms. The Kier molecular flexibility index (Phi) is 9.21. The van der Waals surface area contributed by atoms with Gasteiger partial charge < -0.3 is 24.0 Å². The number of hydrogen-bond donors (Lipinski definition) is 0. The number of anilines is 1. The molecular weight excluding hydrogens is 564 g/mol. The molecule has 0 spiro atoms. The van der Waals surface area contributed by atoms with Crippen molar-refractivity contribution >= 4 is 11.8 Å². The Hall–Kier alpha value is -4.56. The van der Waals surface area contributed by atoms with Crippen LogP contribution < -0.4 is 14.4 Å². The molecule has 3 aromatic carbocycles. The van der Waals surface area contributed by atoms with E-state index in [1.807, 2.05) is 98.5 Å². The summed E-state index contributed by atoms with van der Waals surface area (Å²) in [5.74, 6) is 1.07. The van der Waals surface area contributed by atoms with Crippen LogP contribution in [0.4, 0.5) is 10.5 Å². The van der Waals surface area contributed by atoms with Gasteiger partial charge in [-0.05, 0) is 55.7 Å². The molecule has 2 aliphatic heterocycles. The summed E-state index contributed by atoms with van der Waals surface area (Å²) in [5, 5.41) is 0. The molecule has 2 saturated heterocycles. The predicted molar refractivity (Wildman–Crippen MR) is 177 cm³/mol. The topological polar surface area (TPSA) is 67.4 Å². The van der Waals surface area contributed by atoms with E-state index in [1.54, 1.807) is 0 Å². The van der Waals surface area contributed by atoms with Crippen molar-refractivity contribution in [2.45, 2.75) is 45.6 Å². The Balaban J connectivity index is 1.11. The second-order valence-corrected chi connectivity index (χ2v) is 12.7. The minimum atomic E-state index is -0.472. The molecule has 8 nitrogen and oxygen atoms in total. The van der Waals surface area contributed by atoms with E-state index in [4.69, 9.17) is 19.2 Å². The van der Waals surface area contributed by atoms with E-state index < -0.39 is 5.60 Å². The van der Waals surface area contributed by atoms with Crippen LogP contribution in [0.15, 0.2) is 97.1 Å². The monoisotopic (exact) mass is 606 g/mol. The van der Waals surface area contributed by atoms with Gasteiger partial charge in [0.25, 0.3) is 0 Å². The minimum Gasteiger partial charge on any atom is -0.473 e. The molecule has 2 fully saturated rings. The molecule has 4 aromatic rings. The van der Waals surface area contributed by atoms with E-state index in [-0.39, 0.29) is 6.09 Å². The average Bonchev–Trinajstić information content (AvgIpc) is 3.03. The second-order valence-electron chi connectivity index (χ2n) is 12.7. The van der Waals surface area contributed by atoms with Crippen molar-refractivity contribution < 1.29 is 19.0 Å². The molecule has 1 aromatic heterocycles. The Bertz CT molecular complexity index is 1560. The summed E-state index contributed by atoms with van der Waals surface area (Å²) >= 11 is 0. The van der Waals surface area contributed by atoms with E-state index >= 15 is 0 Å². The Morgan fingerprint density at radius 3 is 2.07 bits per heavy atom. The summed E-state index contributed by atoms with van der Waals surface area (Å²) in [6.45, 7) is 11.6. The van der Waals surface area contributed by atoms with Gasteiger partial charge in [-0.25, -0.2) is 4.79 Å². The highest BCUT2D eigenvalue weighted by Gasteiger charge is 2.35. The number of carbonyl (C=O) groups excluding carboxylic acids is 1. The number of pyridine rings is 1. The van der Waals surface area contributed by atoms with Gasteiger partial charge in [0, 0.05) is 62.6 Å². The third-order valence-electron chi connectivity index (χ3n) is 8.15. The Morgan fingerprint density at radius 2 is 1.42 bits per heavy atom. The van der Waals surface area contributed by atoms with Crippen molar-refractivity contribution in [3.8, 4) is 22.9 Å². The normalized spacial score (nSPS) is 15.8. The zero-order valence-corrected chi connectivity index (χ0v) is 26.4. The molecule has 45 heavy (non-hydrogen) atoms. The van der Waals surface area contributed by atoms with Crippen LogP contribution in [0.2, 0.25) is 0 Å². The third-order valence-corrected chi connectivity index (χ3v) is 8.15. The van der Waals surface area contributed by atoms with Gasteiger partial charge in [0.2, 0.25) is 11.8 Å². The number of rotatable bonds is 9. The maximum absolute atomic E-state index is 12.5. The third kappa shape index (κ3) is 7.94. The first-order valence-corrected chi connectivity index (χ1v) is 15.7. The number of carbonyl (C=O) groups is 1. The maximum atomic E-state index is 12.5. The summed E-state index contributed by atoms with van der Waals surface area (Å²) in [6, 6.07) is 33.2. The largest absolute Gasteiger partial charge is 0.473 e. The maximum Gasteiger partial charge on any atom is 0.410 e. The van der Waals surface area contributed by atoms with Gasteiger partial charge >= 0.3 is 6.09 Å². The summed E-state index contributed by atoms with van der Waals surface area (Å²) in [7, 11) is 0. The van der Waals surface area contributed by atoms with E-state index in [0.717, 1.165) is 48.4 Å². The molecule has 234 valence electrons. The number of nitrogens with zero attached hydrogens (tertiary/aromatic N) is 4. The van der Waals surface area contributed by atoms with Gasteiger partial charge in [0.15, 0.2) is 0 Å². The van der Waals surface area contributed by atoms with E-state index in [0.29, 0.717) is 44.1 Å². The zero-order valence-electron chi connectivity index (χ0n) is 26.4. The van der Waals surface area contributed by atoms with Gasteiger partial charge in [0.05, 0.1) is 0 Å². The van der Waals surface area contributed by atoms with Crippen LogP contribution in [0.5, 0.6) is 11.8 Å². The fourth-order valence-corrected chi connectivity index (χ4v) is 5.65. The molecule has 2 aliphatic rings. The van der Waals surface area contributed by atoms with Crippen LogP contribution in [0, 0.1) is 0 Å². The lowest BCUT2D eigenvalue weighted by atomic mass is 10.0. The molecule has 0 bridgehead atoms. The summed E-state index contributed by atoms with van der Waals surface area (Å²) < 4.78 is 17.9. The highest BCUT2D eigenvalue weighted by Crippen LogP contribution is 2.35. The zero-order chi connectivity index (χ0) is 31.2. The smallest absolute Gasteiger partial charge is 0.410 e. The molecule has 0 saturated carbocycles. The number of aromatic nitrogens is 1. The SMILES string of the molecule is CC(C)(C)OC(=O)N1CCN(C2CN(c3cccc(-c4ccc(OCc5ccccc5)nc4OCc4ccccc4)c3)C2)CC1. The second kappa shape index (κ2) is 13.6. The highest BCUT2D eigenvalue weighted by molar-refractivity contribution is 5.73. The molecule has 0 unspecified atom stereocenters. The van der Waals surface area contributed by atoms with Crippen LogP contribution in [-0.2, 0) is 18.0 Å². The number of hydrogen-bond acceptors (Lipinski definition) is 7. The van der Waals surface area contributed by atoms with Crippen molar-refractivity contribution in [2.75, 3.05) is 44.2 Å². The van der Waals surface area contributed by atoms with Gasteiger partial charge in [0.1, 0.15) is 18.8 Å². The van der Waals surface area contributed by atoms with Gasteiger partial charge in [-0.3, -0.25) is 4.90 Å². The molecule has 6 rings (SSSR count). The molecule has 0 atom stereocenters. The first kappa shape index (κ1) is 30.5. The number of amides is 1. The Labute approximate surface area is 266 Å². The van der Waals surface area contributed by atoms with Crippen LogP contribution in [0.1, 0.15) is 31.9 Å². The molecule has 3 heterocycles. The standard InChI is InChI=1S/C37H42N4O4/c1-37(2,3)45-36(42)40-21-19-39(20-22-40)32-24-41(25-32)31-16-10-15-30(23-31)33-17-18-34(43-26-28-11-6-4-7-12-28)38-35(33)44-27-29-13-8-5-9-14-29/h4-18,23,32H,19-22,24-27H2,1-3H3. The predicted octanol–water partition coefficient (Wildman–Crippen LogP) is 6.65. The fourth-order valence-electron chi connectivity index (χ4n) is 5.65. The van der Waals surface area contributed by atoms with Crippen molar-refractivity contribution in [1.82, 2.24) is 14.8 Å². The Morgan fingerprint density at radius 1 is 0.778 bits per heavy atom.